The molecule has 100 valence electrons. The molecule has 2 aromatic heterocycles. The molecule has 1 N–H and O–H groups in total. The summed E-state index contributed by atoms with van der Waals surface area (Å²) in [5, 5.41) is 7.87. The predicted molar refractivity (Wildman–Crippen MR) is 79.0 cm³/mol. The first-order valence-electron chi connectivity index (χ1n) is 6.07. The maximum atomic E-state index is 5.79. The van der Waals surface area contributed by atoms with Crippen LogP contribution in [0.5, 0.6) is 0 Å². The number of halogens is 1. The van der Waals surface area contributed by atoms with E-state index in [1.54, 1.807) is 16.9 Å². The van der Waals surface area contributed by atoms with E-state index in [0.29, 0.717) is 5.82 Å². The highest BCUT2D eigenvalue weighted by Crippen LogP contribution is 2.28. The molecule has 20 heavy (non-hydrogen) atoms. The molecule has 0 spiro atoms. The van der Waals surface area contributed by atoms with Crippen LogP contribution in [0, 0.1) is 0 Å². The third-order valence-electron chi connectivity index (χ3n) is 2.81. The zero-order valence-corrected chi connectivity index (χ0v) is 11.5. The number of para-hydroxylation sites is 1. The molecule has 0 aliphatic carbocycles. The first-order valence-corrected chi connectivity index (χ1v) is 6.45. The van der Waals surface area contributed by atoms with Crippen molar-refractivity contribution in [2.24, 2.45) is 7.05 Å². The summed E-state index contributed by atoms with van der Waals surface area (Å²) < 4.78 is 1.77. The van der Waals surface area contributed by atoms with Crippen molar-refractivity contribution in [1.82, 2.24) is 19.7 Å². The Morgan fingerprint density at radius 3 is 2.75 bits per heavy atom. The van der Waals surface area contributed by atoms with Gasteiger partial charge in [0.15, 0.2) is 0 Å². The molecule has 0 fully saturated rings. The van der Waals surface area contributed by atoms with Gasteiger partial charge in [-0.05, 0) is 29.8 Å². The fraction of sp³-hybridized carbons (Fsp3) is 0.0714. The van der Waals surface area contributed by atoms with Crippen molar-refractivity contribution in [3.63, 3.8) is 0 Å². The summed E-state index contributed by atoms with van der Waals surface area (Å²) in [6, 6.07) is 11.6. The highest BCUT2D eigenvalue weighted by atomic mass is 35.5. The summed E-state index contributed by atoms with van der Waals surface area (Å²) in [6.45, 7) is 0. The monoisotopic (exact) mass is 285 g/mol. The second-order valence-electron chi connectivity index (χ2n) is 4.26. The molecule has 0 unspecified atom stereocenters. The van der Waals surface area contributed by atoms with E-state index in [2.05, 4.69) is 20.4 Å². The van der Waals surface area contributed by atoms with E-state index in [4.69, 9.17) is 11.6 Å². The Morgan fingerprint density at radius 1 is 1.15 bits per heavy atom. The quantitative estimate of drug-likeness (QED) is 0.750. The van der Waals surface area contributed by atoms with Crippen LogP contribution in [0.2, 0.25) is 5.28 Å². The molecule has 0 saturated heterocycles. The fourth-order valence-electron chi connectivity index (χ4n) is 1.92. The van der Waals surface area contributed by atoms with Gasteiger partial charge in [0, 0.05) is 30.7 Å². The molecule has 2 heterocycles. The second-order valence-corrected chi connectivity index (χ2v) is 4.59. The van der Waals surface area contributed by atoms with E-state index in [9.17, 15) is 0 Å². The minimum atomic E-state index is 0.213. The summed E-state index contributed by atoms with van der Waals surface area (Å²) in [5.74, 6) is 0.647. The Labute approximate surface area is 121 Å². The summed E-state index contributed by atoms with van der Waals surface area (Å²) in [7, 11) is 1.89. The Hall–Kier alpha value is -2.40. The van der Waals surface area contributed by atoms with Gasteiger partial charge in [-0.1, -0.05) is 18.2 Å². The lowest BCUT2D eigenvalue weighted by Gasteiger charge is -2.09. The number of anilines is 2. The van der Waals surface area contributed by atoms with E-state index in [0.717, 1.165) is 16.9 Å². The average molecular weight is 286 g/mol. The first kappa shape index (κ1) is 12.6. The van der Waals surface area contributed by atoms with Gasteiger partial charge in [0.25, 0.3) is 0 Å². The second kappa shape index (κ2) is 5.30. The van der Waals surface area contributed by atoms with E-state index in [1.807, 2.05) is 43.6 Å². The predicted octanol–water partition coefficient (Wildman–Crippen LogP) is 3.27. The van der Waals surface area contributed by atoms with Crippen LogP contribution in [0.4, 0.5) is 11.5 Å². The Kier molecular flexibility index (Phi) is 3.35. The lowest BCUT2D eigenvalue weighted by molar-refractivity contribution is 0.771. The Bertz CT molecular complexity index is 738. The lowest BCUT2D eigenvalue weighted by atomic mass is 10.1. The van der Waals surface area contributed by atoms with Crippen molar-refractivity contribution in [2.45, 2.75) is 0 Å². The van der Waals surface area contributed by atoms with Crippen molar-refractivity contribution in [1.29, 1.82) is 0 Å². The van der Waals surface area contributed by atoms with Crippen LogP contribution in [0.25, 0.3) is 11.3 Å². The molecular weight excluding hydrogens is 274 g/mol. The van der Waals surface area contributed by atoms with Gasteiger partial charge in [-0.15, -0.1) is 0 Å². The van der Waals surface area contributed by atoms with Crippen LogP contribution in [-0.2, 0) is 7.05 Å². The highest BCUT2D eigenvalue weighted by molar-refractivity contribution is 6.28. The zero-order valence-electron chi connectivity index (χ0n) is 10.8. The van der Waals surface area contributed by atoms with E-state index < -0.39 is 0 Å². The smallest absolute Gasteiger partial charge is 0.224 e. The number of aryl methyl sites for hydroxylation is 1. The van der Waals surface area contributed by atoms with E-state index in [1.165, 1.54) is 0 Å². The number of benzene rings is 1. The van der Waals surface area contributed by atoms with Gasteiger partial charge in [-0.3, -0.25) is 4.68 Å². The number of aromatic nitrogens is 4. The van der Waals surface area contributed by atoms with Crippen LogP contribution >= 0.6 is 11.6 Å². The maximum absolute atomic E-state index is 5.79. The number of nitrogens with one attached hydrogen (secondary N) is 1. The van der Waals surface area contributed by atoms with Crippen molar-refractivity contribution in [3.05, 3.63) is 54.1 Å². The van der Waals surface area contributed by atoms with Gasteiger partial charge in [-0.25, -0.2) is 9.97 Å². The van der Waals surface area contributed by atoms with Crippen LogP contribution in [-0.4, -0.2) is 19.7 Å². The molecule has 6 heteroatoms. The lowest BCUT2D eigenvalue weighted by Crippen LogP contribution is -1.97. The summed E-state index contributed by atoms with van der Waals surface area (Å²) in [5.41, 5.74) is 2.82. The van der Waals surface area contributed by atoms with Crippen LogP contribution < -0.4 is 5.32 Å². The first-order chi connectivity index (χ1) is 9.72. The van der Waals surface area contributed by atoms with Gasteiger partial charge in [-0.2, -0.15) is 5.10 Å². The molecule has 3 rings (SSSR count). The van der Waals surface area contributed by atoms with E-state index in [-0.39, 0.29) is 5.28 Å². The SMILES string of the molecule is Cn1ccc(-c2ccccc2Nc2ccnc(Cl)n2)n1. The van der Waals surface area contributed by atoms with Crippen LogP contribution in [0.3, 0.4) is 0 Å². The van der Waals surface area contributed by atoms with Gasteiger partial charge < -0.3 is 5.32 Å². The van der Waals surface area contributed by atoms with E-state index >= 15 is 0 Å². The molecular formula is C14H12ClN5. The summed E-state index contributed by atoms with van der Waals surface area (Å²) >= 11 is 5.79. The van der Waals surface area contributed by atoms with Crippen molar-refractivity contribution >= 4 is 23.1 Å². The third kappa shape index (κ3) is 2.62. The number of nitrogens with zero attached hydrogens (tertiary/aromatic N) is 4. The molecule has 0 aliphatic heterocycles. The summed E-state index contributed by atoms with van der Waals surface area (Å²) in [4.78, 5) is 7.99. The van der Waals surface area contributed by atoms with Gasteiger partial charge in [0.05, 0.1) is 5.69 Å². The van der Waals surface area contributed by atoms with Gasteiger partial charge in [0.1, 0.15) is 5.82 Å². The third-order valence-corrected chi connectivity index (χ3v) is 2.99. The molecule has 0 bridgehead atoms. The fourth-order valence-corrected chi connectivity index (χ4v) is 2.06. The molecule has 1 aromatic carbocycles. The number of rotatable bonds is 3. The maximum Gasteiger partial charge on any atom is 0.224 e. The Morgan fingerprint density at radius 2 is 2.00 bits per heavy atom. The summed E-state index contributed by atoms with van der Waals surface area (Å²) in [6.07, 6.45) is 3.52. The van der Waals surface area contributed by atoms with Crippen LogP contribution in [0.15, 0.2) is 48.8 Å². The topological polar surface area (TPSA) is 55.6 Å². The van der Waals surface area contributed by atoms with Gasteiger partial charge in [0.2, 0.25) is 5.28 Å². The molecule has 0 atom stereocenters. The zero-order chi connectivity index (χ0) is 13.9. The highest BCUT2D eigenvalue weighted by Gasteiger charge is 2.08. The molecule has 3 aromatic rings. The number of hydrogen-bond acceptors (Lipinski definition) is 4. The molecule has 0 saturated carbocycles. The minimum Gasteiger partial charge on any atom is -0.340 e. The molecule has 0 amide bonds. The van der Waals surface area contributed by atoms with Crippen molar-refractivity contribution < 1.29 is 0 Å². The molecule has 5 nitrogen and oxygen atoms in total. The van der Waals surface area contributed by atoms with Crippen molar-refractivity contribution in [2.75, 3.05) is 5.32 Å². The largest absolute Gasteiger partial charge is 0.340 e. The molecule has 0 radical (unpaired) electrons. The number of hydrogen-bond donors (Lipinski definition) is 1. The average Bonchev–Trinajstić information content (AvgIpc) is 2.86. The molecule has 0 aliphatic rings. The standard InChI is InChI=1S/C14H12ClN5/c1-20-9-7-12(19-20)10-4-2-3-5-11(10)17-13-6-8-16-14(15)18-13/h2-9H,1H3,(H,16,17,18). The normalized spacial score (nSPS) is 10.5. The van der Waals surface area contributed by atoms with Crippen molar-refractivity contribution in [3.8, 4) is 11.3 Å². The van der Waals surface area contributed by atoms with Gasteiger partial charge >= 0.3 is 0 Å². The van der Waals surface area contributed by atoms with Crippen LogP contribution in [0.1, 0.15) is 0 Å². The Balaban J connectivity index is 1.98. The minimum absolute atomic E-state index is 0.213.